The highest BCUT2D eigenvalue weighted by molar-refractivity contribution is 6.32. The third-order valence-electron chi connectivity index (χ3n) is 6.70. The van der Waals surface area contributed by atoms with Crippen molar-refractivity contribution in [2.24, 2.45) is 0 Å². The fourth-order valence-electron chi connectivity index (χ4n) is 4.89. The number of hydrogen-bond acceptors (Lipinski definition) is 6. The first kappa shape index (κ1) is 23.9. The lowest BCUT2D eigenvalue weighted by atomic mass is 9.97. The zero-order chi connectivity index (χ0) is 26.1. The number of imidazole rings is 1. The van der Waals surface area contributed by atoms with Crippen LogP contribution in [-0.4, -0.2) is 67.7 Å². The number of fused-ring (bicyclic) bond motifs is 2. The molecule has 2 aliphatic heterocycles. The lowest BCUT2D eigenvalue weighted by molar-refractivity contribution is -0.0520. The average molecular weight is 534 g/mol. The summed E-state index contributed by atoms with van der Waals surface area (Å²) in [5, 5.41) is 18.7. The van der Waals surface area contributed by atoms with Crippen molar-refractivity contribution in [3.05, 3.63) is 65.0 Å². The Balaban J connectivity index is 1.37. The lowest BCUT2D eigenvalue weighted by Crippen LogP contribution is -2.46. The van der Waals surface area contributed by atoms with E-state index in [2.05, 4.69) is 20.5 Å². The molecule has 0 spiro atoms. The number of ether oxygens (including phenoxy) is 2. The molecule has 13 heteroatoms. The summed E-state index contributed by atoms with van der Waals surface area (Å²) in [5.41, 5.74) is -2.05. The van der Waals surface area contributed by atoms with Crippen LogP contribution >= 0.6 is 11.6 Å². The third-order valence-corrected chi connectivity index (χ3v) is 7.06. The summed E-state index contributed by atoms with van der Waals surface area (Å²) in [6.45, 7) is 1.71. The number of amides is 1. The monoisotopic (exact) mass is 533 g/mol. The highest BCUT2D eigenvalue weighted by Gasteiger charge is 2.54. The van der Waals surface area contributed by atoms with E-state index in [1.54, 1.807) is 6.92 Å². The van der Waals surface area contributed by atoms with Gasteiger partial charge in [-0.3, -0.25) is 14.3 Å². The molecule has 2 fully saturated rings. The maximum atomic E-state index is 15.6. The molecule has 1 aromatic carbocycles. The molecule has 9 nitrogen and oxygen atoms in total. The molecule has 1 amide bonds. The van der Waals surface area contributed by atoms with Crippen LogP contribution in [0.1, 0.15) is 17.3 Å². The Kier molecular flexibility index (Phi) is 5.53. The minimum Gasteiger partial charge on any atom is -0.385 e. The van der Waals surface area contributed by atoms with Gasteiger partial charge in [0.25, 0.3) is 5.91 Å². The van der Waals surface area contributed by atoms with Crippen LogP contribution in [0.2, 0.25) is 5.15 Å². The van der Waals surface area contributed by atoms with E-state index in [9.17, 15) is 14.3 Å². The van der Waals surface area contributed by atoms with Gasteiger partial charge in [-0.25, -0.2) is 13.8 Å². The van der Waals surface area contributed by atoms with E-state index >= 15 is 8.78 Å². The summed E-state index contributed by atoms with van der Waals surface area (Å²) >= 11 is 6.46. The molecule has 4 atom stereocenters. The average Bonchev–Trinajstić information content (AvgIpc) is 3.61. The number of aromatic amines is 1. The van der Waals surface area contributed by atoms with Crippen molar-refractivity contribution in [2.75, 3.05) is 13.2 Å². The Morgan fingerprint density at radius 2 is 2.08 bits per heavy atom. The van der Waals surface area contributed by atoms with Crippen LogP contribution < -0.4 is 5.32 Å². The number of carbonyl (C=O) groups excluding carboxylic acids is 1. The van der Waals surface area contributed by atoms with Gasteiger partial charge in [-0.2, -0.15) is 9.49 Å². The molecule has 2 aliphatic rings. The topological polar surface area (TPSA) is 114 Å². The number of halogens is 4. The molecule has 37 heavy (non-hydrogen) atoms. The summed E-state index contributed by atoms with van der Waals surface area (Å²) in [6.07, 6.45) is 1.32. The molecule has 2 saturated heterocycles. The smallest absolute Gasteiger partial charge is 0.254 e. The minimum absolute atomic E-state index is 0.0200. The van der Waals surface area contributed by atoms with E-state index in [4.69, 9.17) is 21.1 Å². The Morgan fingerprint density at radius 1 is 1.27 bits per heavy atom. The second kappa shape index (κ2) is 8.55. The standard InChI is InChI=1S/C24H19ClF3N5O4/c1-24(35)9-37-18-14(8-36-19(18)24)30-23(34)11-5-6-33-20(25)17(31-22(33)16(11)27)15-10(3-2-4-13(15)26)12-7-29-32-21(12)28/h2-7,14,18-19,35H,8-9H2,1H3,(H,29,32)(H,30,34)/t14-,18-,19+,24-/m1/s1. The van der Waals surface area contributed by atoms with Gasteiger partial charge in [0.2, 0.25) is 5.95 Å². The van der Waals surface area contributed by atoms with Gasteiger partial charge in [0.15, 0.2) is 11.5 Å². The SMILES string of the molecule is C[C@@]1(O)CO[C@@H]2[C@H](NC(=O)c3ccn4c(Cl)c(-c5c(F)cccc5-c5cn[nH]c5F)nc4c3F)CO[C@@H]21. The van der Waals surface area contributed by atoms with Crippen molar-refractivity contribution in [1.29, 1.82) is 0 Å². The fraction of sp³-hybridized carbons (Fsp3) is 0.292. The van der Waals surface area contributed by atoms with Crippen molar-refractivity contribution in [1.82, 2.24) is 24.9 Å². The van der Waals surface area contributed by atoms with Gasteiger partial charge in [0.1, 0.15) is 34.5 Å². The van der Waals surface area contributed by atoms with E-state index in [1.807, 2.05) is 0 Å². The number of pyridine rings is 1. The van der Waals surface area contributed by atoms with Crippen LogP contribution in [0.4, 0.5) is 13.2 Å². The molecule has 5 heterocycles. The molecule has 192 valence electrons. The van der Waals surface area contributed by atoms with E-state index in [0.717, 1.165) is 10.5 Å². The largest absolute Gasteiger partial charge is 0.385 e. The van der Waals surface area contributed by atoms with Gasteiger partial charge in [-0.15, -0.1) is 0 Å². The molecule has 3 aromatic heterocycles. The van der Waals surface area contributed by atoms with Crippen molar-refractivity contribution in [3.8, 4) is 22.4 Å². The Bertz CT molecular complexity index is 1550. The number of hydrogen-bond donors (Lipinski definition) is 3. The van der Waals surface area contributed by atoms with Crippen LogP contribution in [0.5, 0.6) is 0 Å². The molecule has 0 bridgehead atoms. The van der Waals surface area contributed by atoms with Gasteiger partial charge < -0.3 is 19.9 Å². The molecule has 0 unspecified atom stereocenters. The maximum Gasteiger partial charge on any atom is 0.254 e. The molecular formula is C24H19ClF3N5O4. The first-order valence-corrected chi connectivity index (χ1v) is 11.7. The number of rotatable bonds is 4. The Hall–Kier alpha value is -3.45. The van der Waals surface area contributed by atoms with E-state index in [-0.39, 0.29) is 52.0 Å². The summed E-state index contributed by atoms with van der Waals surface area (Å²) in [6, 6.07) is 4.60. The van der Waals surface area contributed by atoms with Gasteiger partial charge in [-0.05, 0) is 19.1 Å². The van der Waals surface area contributed by atoms with Crippen molar-refractivity contribution in [3.63, 3.8) is 0 Å². The second-order valence-electron chi connectivity index (χ2n) is 9.21. The van der Waals surface area contributed by atoms with E-state index < -0.39 is 47.3 Å². The predicted octanol–water partition coefficient (Wildman–Crippen LogP) is 3.11. The van der Waals surface area contributed by atoms with Gasteiger partial charge in [0.05, 0.1) is 36.6 Å². The number of benzene rings is 1. The van der Waals surface area contributed by atoms with E-state index in [0.29, 0.717) is 0 Å². The first-order valence-electron chi connectivity index (χ1n) is 11.3. The lowest BCUT2D eigenvalue weighted by Gasteiger charge is -2.21. The van der Waals surface area contributed by atoms with Crippen LogP contribution in [0.15, 0.2) is 36.7 Å². The number of nitrogens with zero attached hydrogens (tertiary/aromatic N) is 3. The minimum atomic E-state index is -1.19. The fourth-order valence-corrected chi connectivity index (χ4v) is 5.16. The predicted molar refractivity (Wildman–Crippen MR) is 124 cm³/mol. The normalized spacial score (nSPS) is 25.1. The van der Waals surface area contributed by atoms with Crippen molar-refractivity contribution in [2.45, 2.75) is 30.8 Å². The van der Waals surface area contributed by atoms with Gasteiger partial charge in [0, 0.05) is 17.3 Å². The molecule has 4 aromatic rings. The summed E-state index contributed by atoms with van der Waals surface area (Å²) in [4.78, 5) is 17.2. The zero-order valence-electron chi connectivity index (χ0n) is 19.1. The number of carbonyl (C=O) groups is 1. The maximum absolute atomic E-state index is 15.6. The van der Waals surface area contributed by atoms with Crippen LogP contribution in [0, 0.1) is 17.6 Å². The van der Waals surface area contributed by atoms with Crippen molar-refractivity contribution < 1.29 is 32.5 Å². The van der Waals surface area contributed by atoms with Gasteiger partial charge in [-0.1, -0.05) is 23.7 Å². The number of nitrogens with one attached hydrogen (secondary N) is 2. The number of H-pyrrole nitrogens is 1. The molecular weight excluding hydrogens is 515 g/mol. The third kappa shape index (κ3) is 3.71. The molecule has 3 N–H and O–H groups in total. The summed E-state index contributed by atoms with van der Waals surface area (Å²) in [5.74, 6) is -3.29. The van der Waals surface area contributed by atoms with Crippen molar-refractivity contribution >= 4 is 23.2 Å². The summed E-state index contributed by atoms with van der Waals surface area (Å²) < 4.78 is 57.1. The first-order chi connectivity index (χ1) is 17.7. The Labute approximate surface area is 212 Å². The highest BCUT2D eigenvalue weighted by Crippen LogP contribution is 2.39. The Morgan fingerprint density at radius 3 is 2.84 bits per heavy atom. The highest BCUT2D eigenvalue weighted by atomic mass is 35.5. The molecule has 0 aliphatic carbocycles. The van der Waals surface area contributed by atoms with Crippen LogP contribution in [0.25, 0.3) is 28.0 Å². The number of aliphatic hydroxyl groups is 1. The van der Waals surface area contributed by atoms with E-state index in [1.165, 1.54) is 30.6 Å². The second-order valence-corrected chi connectivity index (χ2v) is 9.57. The summed E-state index contributed by atoms with van der Waals surface area (Å²) in [7, 11) is 0. The van der Waals surface area contributed by atoms with Crippen LogP contribution in [-0.2, 0) is 9.47 Å². The quantitative estimate of drug-likeness (QED) is 0.371. The molecule has 6 rings (SSSR count). The molecule has 0 radical (unpaired) electrons. The number of aromatic nitrogens is 4. The van der Waals surface area contributed by atoms with Gasteiger partial charge >= 0.3 is 0 Å². The van der Waals surface area contributed by atoms with Crippen LogP contribution in [0.3, 0.4) is 0 Å². The molecule has 0 saturated carbocycles. The zero-order valence-corrected chi connectivity index (χ0v) is 19.9.